The molecule has 0 bridgehead atoms. The molecule has 0 saturated heterocycles. The topological polar surface area (TPSA) is 6.48 Å². The molecule has 62 heavy (non-hydrogen) atoms. The van der Waals surface area contributed by atoms with Crippen LogP contribution in [0.2, 0.25) is 0 Å². The number of benzene rings is 7. The van der Waals surface area contributed by atoms with Gasteiger partial charge in [0.2, 0.25) is 0 Å². The Kier molecular flexibility index (Phi) is 9.12. The van der Waals surface area contributed by atoms with E-state index in [4.69, 9.17) is 0 Å². The van der Waals surface area contributed by atoms with Crippen molar-refractivity contribution in [2.45, 2.75) is 105 Å². The maximum Gasteiger partial charge on any atom is 0.252 e. The van der Waals surface area contributed by atoms with Crippen molar-refractivity contribution in [3.05, 3.63) is 162 Å². The van der Waals surface area contributed by atoms with E-state index in [2.05, 4.69) is 232 Å². The van der Waals surface area contributed by atoms with Gasteiger partial charge in [0.1, 0.15) is 0 Å². The summed E-state index contributed by atoms with van der Waals surface area (Å²) in [4.78, 5) is 5.18. The molecule has 0 aliphatic carbocycles. The highest BCUT2D eigenvalue weighted by atomic mass is 32.1. The molecule has 10 rings (SSSR count). The molecule has 7 aromatic carbocycles. The van der Waals surface area contributed by atoms with Crippen molar-refractivity contribution in [3.63, 3.8) is 0 Å². The highest BCUT2D eigenvalue weighted by molar-refractivity contribution is 7.26. The summed E-state index contributed by atoms with van der Waals surface area (Å²) in [6.07, 6.45) is 0. The first-order chi connectivity index (χ1) is 29.3. The van der Waals surface area contributed by atoms with E-state index in [0.717, 1.165) is 0 Å². The summed E-state index contributed by atoms with van der Waals surface area (Å²) in [7, 11) is 0. The van der Waals surface area contributed by atoms with Crippen molar-refractivity contribution in [1.29, 1.82) is 0 Å². The number of thiophene rings is 1. The summed E-state index contributed by atoms with van der Waals surface area (Å²) in [5, 5.41) is 2.66. The van der Waals surface area contributed by atoms with Crippen molar-refractivity contribution >= 4 is 88.7 Å². The molecule has 2 aliphatic heterocycles. The summed E-state index contributed by atoms with van der Waals surface area (Å²) in [6, 6.07) is 54.1. The van der Waals surface area contributed by atoms with Crippen LogP contribution >= 0.6 is 11.3 Å². The molecule has 0 atom stereocenters. The summed E-state index contributed by atoms with van der Waals surface area (Å²) in [5.41, 5.74) is 19.3. The predicted octanol–water partition coefficient (Wildman–Crippen LogP) is 15.0. The average Bonchev–Trinajstić information content (AvgIpc) is 3.61. The highest BCUT2D eigenvalue weighted by Crippen LogP contribution is 2.48. The van der Waals surface area contributed by atoms with E-state index < -0.39 is 0 Å². The van der Waals surface area contributed by atoms with Gasteiger partial charge in [-0.15, -0.1) is 11.3 Å². The van der Waals surface area contributed by atoms with E-state index in [-0.39, 0.29) is 28.4 Å². The number of hydrogen-bond donors (Lipinski definition) is 0. The Morgan fingerprint density at radius 2 is 0.855 bits per heavy atom. The molecule has 0 saturated carbocycles. The molecule has 3 heterocycles. The molecule has 0 radical (unpaired) electrons. The van der Waals surface area contributed by atoms with Crippen LogP contribution < -0.4 is 26.2 Å². The van der Waals surface area contributed by atoms with Crippen LogP contribution in [0.3, 0.4) is 0 Å². The summed E-state index contributed by atoms with van der Waals surface area (Å²) < 4.78 is 2.68. The molecule has 4 heteroatoms. The molecule has 2 nitrogen and oxygen atoms in total. The van der Waals surface area contributed by atoms with Gasteiger partial charge in [-0.2, -0.15) is 0 Å². The molecule has 0 N–H and O–H groups in total. The monoisotopic (exact) mass is 826 g/mol. The molecule has 0 unspecified atom stereocenters. The fraction of sp³-hybridized carbons (Fsp3) is 0.276. The minimum absolute atomic E-state index is 0.00692. The summed E-state index contributed by atoms with van der Waals surface area (Å²) in [5.74, 6) is 0. The standard InChI is InChI=1S/C58H59BN2S/c1-55(2,3)37-22-28-42(29-23-37)61-49-33-39(57(7,8)9)25-31-47(49)59-46-30-24-38(56(4,5)6)32-48(46)60(50-34-40(58(10,11)12)35-51(61)53(50)59)41-26-20-36(21-27-41)43-17-15-18-45-44-16-13-14-19-52(44)62-54(43)45/h13-35H,1-12H3. The Balaban J connectivity index is 1.24. The highest BCUT2D eigenvalue weighted by Gasteiger charge is 2.45. The minimum atomic E-state index is -0.0949. The first kappa shape index (κ1) is 40.5. The van der Waals surface area contributed by atoms with Gasteiger partial charge in [-0.3, -0.25) is 0 Å². The van der Waals surface area contributed by atoms with Crippen molar-refractivity contribution in [2.75, 3.05) is 9.80 Å². The molecule has 0 fully saturated rings. The molecule has 0 spiro atoms. The van der Waals surface area contributed by atoms with E-state index in [0.29, 0.717) is 0 Å². The molecular formula is C58H59BN2S. The van der Waals surface area contributed by atoms with E-state index in [1.165, 1.54) is 104 Å². The van der Waals surface area contributed by atoms with Gasteiger partial charge in [-0.1, -0.05) is 168 Å². The van der Waals surface area contributed by atoms with Gasteiger partial charge in [-0.05, 0) is 126 Å². The lowest BCUT2D eigenvalue weighted by Crippen LogP contribution is -2.61. The summed E-state index contributed by atoms with van der Waals surface area (Å²) in [6.45, 7) is 28.0. The number of fused-ring (bicyclic) bond motifs is 7. The Morgan fingerprint density at radius 1 is 0.403 bits per heavy atom. The molecule has 8 aromatic rings. The number of anilines is 6. The third-order valence-corrected chi connectivity index (χ3v) is 14.7. The lowest BCUT2D eigenvalue weighted by Gasteiger charge is -2.45. The average molecular weight is 827 g/mol. The van der Waals surface area contributed by atoms with Crippen LogP contribution in [0.5, 0.6) is 0 Å². The molecular weight excluding hydrogens is 768 g/mol. The number of rotatable bonds is 3. The van der Waals surface area contributed by atoms with E-state index in [9.17, 15) is 0 Å². The van der Waals surface area contributed by atoms with E-state index in [1.807, 2.05) is 11.3 Å². The van der Waals surface area contributed by atoms with Crippen molar-refractivity contribution in [1.82, 2.24) is 0 Å². The van der Waals surface area contributed by atoms with E-state index >= 15 is 0 Å². The Morgan fingerprint density at radius 3 is 1.37 bits per heavy atom. The second-order valence-electron chi connectivity index (χ2n) is 22.0. The third-order valence-electron chi connectivity index (χ3n) is 13.5. The van der Waals surface area contributed by atoms with Gasteiger partial charge in [0.05, 0.1) is 0 Å². The quantitative estimate of drug-likeness (QED) is 0.164. The van der Waals surface area contributed by atoms with Gasteiger partial charge >= 0.3 is 0 Å². The zero-order valence-electron chi connectivity index (χ0n) is 38.7. The van der Waals surface area contributed by atoms with Crippen LogP contribution in [0.25, 0.3) is 31.3 Å². The van der Waals surface area contributed by atoms with Crippen molar-refractivity contribution in [3.8, 4) is 11.1 Å². The van der Waals surface area contributed by atoms with Crippen LogP contribution in [0.1, 0.15) is 105 Å². The zero-order valence-corrected chi connectivity index (χ0v) is 39.5. The minimum Gasteiger partial charge on any atom is -0.311 e. The molecule has 1 aromatic heterocycles. The predicted molar refractivity (Wildman–Crippen MR) is 274 cm³/mol. The Labute approximate surface area is 374 Å². The lowest BCUT2D eigenvalue weighted by molar-refractivity contribution is 0.589. The maximum absolute atomic E-state index is 2.59. The Hall–Kier alpha value is -5.58. The lowest BCUT2D eigenvalue weighted by atomic mass is 9.33. The Bertz CT molecular complexity index is 3050. The van der Waals surface area contributed by atoms with Gasteiger partial charge in [0.15, 0.2) is 0 Å². The fourth-order valence-electron chi connectivity index (χ4n) is 9.79. The largest absolute Gasteiger partial charge is 0.311 e. The van der Waals surface area contributed by atoms with Crippen molar-refractivity contribution in [2.24, 2.45) is 0 Å². The first-order valence-corrected chi connectivity index (χ1v) is 23.3. The van der Waals surface area contributed by atoms with Crippen molar-refractivity contribution < 1.29 is 0 Å². The second kappa shape index (κ2) is 14.0. The molecule has 2 aliphatic rings. The van der Waals surface area contributed by atoms with Crippen LogP contribution in [0, 0.1) is 0 Å². The van der Waals surface area contributed by atoms with Crippen LogP contribution in [0.4, 0.5) is 34.1 Å². The van der Waals surface area contributed by atoms with Crippen LogP contribution in [0.15, 0.2) is 140 Å². The summed E-state index contributed by atoms with van der Waals surface area (Å²) >= 11 is 1.90. The normalized spacial score (nSPS) is 14.0. The first-order valence-electron chi connectivity index (χ1n) is 22.5. The smallest absolute Gasteiger partial charge is 0.252 e. The van der Waals surface area contributed by atoms with Gasteiger partial charge in [-0.25, -0.2) is 0 Å². The number of hydrogen-bond acceptors (Lipinski definition) is 3. The van der Waals surface area contributed by atoms with Gasteiger partial charge in [0.25, 0.3) is 6.71 Å². The number of nitrogens with zero attached hydrogens (tertiary/aromatic N) is 2. The second-order valence-corrected chi connectivity index (χ2v) is 23.0. The SMILES string of the molecule is CC(C)(C)c1ccc(N2c3cc(C(C)(C)C)ccc3B3c4ccc(C(C)(C)C)cc4N(c4ccc(-c5cccc6c5sc5ccccc56)cc4)c4cc(C(C)(C)C)cc2c43)cc1. The van der Waals surface area contributed by atoms with Crippen LogP contribution in [-0.2, 0) is 21.7 Å². The van der Waals surface area contributed by atoms with Gasteiger partial charge < -0.3 is 9.80 Å². The molecule has 0 amide bonds. The van der Waals surface area contributed by atoms with Crippen LogP contribution in [-0.4, -0.2) is 6.71 Å². The van der Waals surface area contributed by atoms with E-state index in [1.54, 1.807) is 0 Å². The van der Waals surface area contributed by atoms with Gasteiger partial charge in [0, 0.05) is 54.3 Å². The maximum atomic E-state index is 2.59. The third kappa shape index (κ3) is 6.60. The fourth-order valence-corrected chi connectivity index (χ4v) is 11.0. The zero-order chi connectivity index (χ0) is 43.7. The molecule has 310 valence electrons.